The highest BCUT2D eigenvalue weighted by Crippen LogP contribution is 2.27. The van der Waals surface area contributed by atoms with E-state index in [1.807, 2.05) is 30.3 Å². The van der Waals surface area contributed by atoms with E-state index in [2.05, 4.69) is 17.0 Å². The number of ether oxygens (including phenoxy) is 1. The minimum Gasteiger partial charge on any atom is -0.459 e. The Labute approximate surface area is 134 Å². The second-order valence-corrected chi connectivity index (χ2v) is 5.58. The maximum atomic E-state index is 12.1. The van der Waals surface area contributed by atoms with Crippen LogP contribution in [0.3, 0.4) is 0 Å². The first-order chi connectivity index (χ1) is 10.4. The number of carbonyl (C=O) groups is 1. The van der Waals surface area contributed by atoms with E-state index in [0.29, 0.717) is 11.6 Å². The minimum atomic E-state index is -1.09. The summed E-state index contributed by atoms with van der Waals surface area (Å²) >= 11 is 6.15. The summed E-state index contributed by atoms with van der Waals surface area (Å²) < 4.78 is 7.29. The van der Waals surface area contributed by atoms with Crippen LogP contribution < -0.4 is 10.1 Å². The third-order valence-corrected chi connectivity index (χ3v) is 3.22. The van der Waals surface area contributed by atoms with Crippen molar-refractivity contribution >= 4 is 17.5 Å². The molecule has 1 aromatic heterocycles. The van der Waals surface area contributed by atoms with Gasteiger partial charge >= 0.3 is 0 Å². The van der Waals surface area contributed by atoms with E-state index in [1.54, 1.807) is 30.8 Å². The monoisotopic (exact) mass is 319 g/mol. The van der Waals surface area contributed by atoms with Crippen LogP contribution in [0.15, 0.2) is 49.2 Å². The molecule has 0 bridgehead atoms. The van der Waals surface area contributed by atoms with Crippen molar-refractivity contribution in [1.29, 1.82) is 0 Å². The van der Waals surface area contributed by atoms with Gasteiger partial charge in [0.1, 0.15) is 5.02 Å². The smallest absolute Gasteiger partial charge is 0.263 e. The van der Waals surface area contributed by atoms with Gasteiger partial charge in [-0.05, 0) is 26.0 Å². The lowest BCUT2D eigenvalue weighted by Crippen LogP contribution is -2.46. The van der Waals surface area contributed by atoms with Crippen LogP contribution in [0.2, 0.25) is 5.02 Å². The Hall–Kier alpha value is -2.27. The van der Waals surface area contributed by atoms with Crippen molar-refractivity contribution < 1.29 is 9.53 Å². The molecule has 0 unspecified atom stereocenters. The Morgan fingerprint density at radius 3 is 2.77 bits per heavy atom. The largest absolute Gasteiger partial charge is 0.459 e. The van der Waals surface area contributed by atoms with Gasteiger partial charge in [0, 0.05) is 6.54 Å². The molecule has 0 aliphatic carbocycles. The molecule has 5 nitrogen and oxygen atoms in total. The normalized spacial score (nSPS) is 11.0. The Kier molecular flexibility index (Phi) is 4.88. The van der Waals surface area contributed by atoms with Crippen molar-refractivity contribution in [2.75, 3.05) is 6.54 Å². The fraction of sp³-hybridized carbons (Fsp3) is 0.250. The number of nitrogens with zero attached hydrogens (tertiary/aromatic N) is 2. The van der Waals surface area contributed by atoms with E-state index in [0.717, 1.165) is 5.69 Å². The number of aromatic nitrogens is 2. The van der Waals surface area contributed by atoms with Crippen molar-refractivity contribution in [3.63, 3.8) is 0 Å². The highest BCUT2D eigenvalue weighted by molar-refractivity contribution is 6.31. The number of halogens is 1. The van der Waals surface area contributed by atoms with E-state index < -0.39 is 5.60 Å². The van der Waals surface area contributed by atoms with Gasteiger partial charge in [0.2, 0.25) is 0 Å². The molecule has 22 heavy (non-hydrogen) atoms. The fourth-order valence-electron chi connectivity index (χ4n) is 1.78. The first-order valence-corrected chi connectivity index (χ1v) is 7.20. The van der Waals surface area contributed by atoms with E-state index >= 15 is 0 Å². The zero-order valence-corrected chi connectivity index (χ0v) is 13.3. The SMILES string of the molecule is C=CCNC(=O)C(C)(C)Oc1nn(-c2ccccc2)cc1Cl. The van der Waals surface area contributed by atoms with Crippen molar-refractivity contribution in [1.82, 2.24) is 15.1 Å². The molecule has 0 fully saturated rings. The van der Waals surface area contributed by atoms with E-state index in [-0.39, 0.29) is 11.8 Å². The lowest BCUT2D eigenvalue weighted by Gasteiger charge is -2.23. The second kappa shape index (κ2) is 6.66. The van der Waals surface area contributed by atoms with E-state index in [9.17, 15) is 4.79 Å². The molecule has 0 atom stereocenters. The minimum absolute atomic E-state index is 0.212. The van der Waals surface area contributed by atoms with Gasteiger partial charge in [0.25, 0.3) is 11.8 Å². The molecule has 0 spiro atoms. The maximum absolute atomic E-state index is 12.1. The van der Waals surface area contributed by atoms with Gasteiger partial charge in [-0.2, -0.15) is 0 Å². The molecule has 6 heteroatoms. The van der Waals surface area contributed by atoms with Crippen LogP contribution in [0, 0.1) is 0 Å². The average Bonchev–Trinajstić information content (AvgIpc) is 2.86. The first-order valence-electron chi connectivity index (χ1n) is 6.83. The van der Waals surface area contributed by atoms with Crippen LogP contribution in [0.5, 0.6) is 5.88 Å². The topological polar surface area (TPSA) is 56.1 Å². The number of benzene rings is 1. The summed E-state index contributed by atoms with van der Waals surface area (Å²) in [5.41, 5.74) is -0.240. The average molecular weight is 320 g/mol. The van der Waals surface area contributed by atoms with Crippen LogP contribution >= 0.6 is 11.6 Å². The Balaban J connectivity index is 2.18. The summed E-state index contributed by atoms with van der Waals surface area (Å²) in [4.78, 5) is 12.1. The zero-order chi connectivity index (χ0) is 16.2. The van der Waals surface area contributed by atoms with Crippen molar-refractivity contribution in [2.45, 2.75) is 19.4 Å². The Morgan fingerprint density at radius 1 is 1.45 bits per heavy atom. The lowest BCUT2D eigenvalue weighted by molar-refractivity contribution is -0.134. The van der Waals surface area contributed by atoms with Gasteiger partial charge in [-0.1, -0.05) is 35.9 Å². The van der Waals surface area contributed by atoms with E-state index in [1.165, 1.54) is 0 Å². The molecule has 2 rings (SSSR count). The van der Waals surface area contributed by atoms with Crippen LogP contribution in [-0.4, -0.2) is 27.8 Å². The van der Waals surface area contributed by atoms with Crippen LogP contribution in [0.4, 0.5) is 0 Å². The third-order valence-electron chi connectivity index (χ3n) is 2.96. The molecule has 0 aliphatic heterocycles. The third kappa shape index (κ3) is 3.68. The molecular weight excluding hydrogens is 302 g/mol. The Bertz CT molecular complexity index is 665. The molecule has 0 saturated heterocycles. The van der Waals surface area contributed by atoms with Crippen molar-refractivity contribution in [3.05, 3.63) is 54.2 Å². The molecule has 116 valence electrons. The number of rotatable bonds is 6. The second-order valence-electron chi connectivity index (χ2n) is 5.17. The molecule has 2 aromatic rings. The number of hydrogen-bond acceptors (Lipinski definition) is 3. The summed E-state index contributed by atoms with van der Waals surface area (Å²) in [5, 5.41) is 7.32. The van der Waals surface area contributed by atoms with Gasteiger partial charge in [0.15, 0.2) is 5.60 Å². The van der Waals surface area contributed by atoms with Gasteiger partial charge in [-0.25, -0.2) is 4.68 Å². The van der Waals surface area contributed by atoms with Crippen molar-refractivity contribution in [3.8, 4) is 11.6 Å². The van der Waals surface area contributed by atoms with Crippen LogP contribution in [0.25, 0.3) is 5.69 Å². The molecule has 1 amide bonds. The number of para-hydroxylation sites is 1. The molecule has 1 N–H and O–H groups in total. The molecular formula is C16H18ClN3O2. The van der Waals surface area contributed by atoms with Gasteiger partial charge in [-0.15, -0.1) is 11.7 Å². The standard InChI is InChI=1S/C16H18ClN3O2/c1-4-10-18-15(21)16(2,3)22-14-13(17)11-20(19-14)12-8-6-5-7-9-12/h4-9,11H,1,10H2,2-3H3,(H,18,21). The number of nitrogens with one attached hydrogen (secondary N) is 1. The quantitative estimate of drug-likeness (QED) is 0.833. The highest BCUT2D eigenvalue weighted by atomic mass is 35.5. The predicted octanol–water partition coefficient (Wildman–Crippen LogP) is 2.99. The summed E-state index contributed by atoms with van der Waals surface area (Å²) in [7, 11) is 0. The van der Waals surface area contributed by atoms with Gasteiger partial charge in [0.05, 0.1) is 11.9 Å². The van der Waals surface area contributed by atoms with E-state index in [4.69, 9.17) is 16.3 Å². The Morgan fingerprint density at radius 2 is 2.14 bits per heavy atom. The van der Waals surface area contributed by atoms with Crippen LogP contribution in [-0.2, 0) is 4.79 Å². The molecule has 1 heterocycles. The maximum Gasteiger partial charge on any atom is 0.263 e. The molecule has 0 aliphatic rings. The molecule has 0 radical (unpaired) electrons. The number of hydrogen-bond donors (Lipinski definition) is 1. The number of amides is 1. The van der Waals surface area contributed by atoms with Gasteiger partial charge < -0.3 is 10.1 Å². The lowest BCUT2D eigenvalue weighted by atomic mass is 10.1. The van der Waals surface area contributed by atoms with Crippen molar-refractivity contribution in [2.24, 2.45) is 0 Å². The first kappa shape index (κ1) is 16.1. The summed E-state index contributed by atoms with van der Waals surface area (Å²) in [6.45, 7) is 7.24. The molecule has 1 aromatic carbocycles. The summed E-state index contributed by atoms with van der Waals surface area (Å²) in [6.07, 6.45) is 3.25. The van der Waals surface area contributed by atoms with Gasteiger partial charge in [-0.3, -0.25) is 4.79 Å². The zero-order valence-electron chi connectivity index (χ0n) is 12.5. The summed E-state index contributed by atoms with van der Waals surface area (Å²) in [5.74, 6) is -0.0537. The fourth-order valence-corrected chi connectivity index (χ4v) is 1.95. The summed E-state index contributed by atoms with van der Waals surface area (Å²) in [6, 6.07) is 9.51. The highest BCUT2D eigenvalue weighted by Gasteiger charge is 2.31. The number of carbonyl (C=O) groups excluding carboxylic acids is 1. The predicted molar refractivity (Wildman–Crippen MR) is 86.5 cm³/mol. The molecule has 0 saturated carbocycles. The van der Waals surface area contributed by atoms with Crippen LogP contribution in [0.1, 0.15) is 13.8 Å².